The molecule has 2 N–H and O–H groups in total. The predicted molar refractivity (Wildman–Crippen MR) is 111 cm³/mol. The van der Waals surface area contributed by atoms with Crippen molar-refractivity contribution in [2.24, 2.45) is 0 Å². The van der Waals surface area contributed by atoms with Gasteiger partial charge in [-0.1, -0.05) is 35.9 Å². The van der Waals surface area contributed by atoms with Crippen LogP contribution in [0.3, 0.4) is 0 Å². The fourth-order valence-electron chi connectivity index (χ4n) is 3.74. The van der Waals surface area contributed by atoms with Gasteiger partial charge >= 0.3 is 0 Å². The molecule has 29 heavy (non-hydrogen) atoms. The fourth-order valence-corrected chi connectivity index (χ4v) is 3.87. The number of nitrogen functional groups attached to an aromatic ring is 1. The summed E-state index contributed by atoms with van der Waals surface area (Å²) in [6, 6.07) is 13.3. The normalized spacial score (nSPS) is 16.2. The van der Waals surface area contributed by atoms with Crippen LogP contribution >= 0.6 is 11.6 Å². The number of hydrogen-bond donors (Lipinski definition) is 1. The Morgan fingerprint density at radius 1 is 1.17 bits per heavy atom. The summed E-state index contributed by atoms with van der Waals surface area (Å²) in [5, 5.41) is 0.642. The lowest BCUT2D eigenvalue weighted by Crippen LogP contribution is -2.32. The minimum absolute atomic E-state index is 0.0154. The van der Waals surface area contributed by atoms with Gasteiger partial charge in [0.2, 0.25) is 11.9 Å². The highest BCUT2D eigenvalue weighted by Gasteiger charge is 2.33. The molecule has 148 valence electrons. The topological polar surface area (TPSA) is 72.1 Å². The van der Waals surface area contributed by atoms with E-state index in [1.54, 1.807) is 18.3 Å². The third kappa shape index (κ3) is 4.22. The lowest BCUT2D eigenvalue weighted by atomic mass is 9.99. The molecule has 0 radical (unpaired) electrons. The number of nitrogens with zero attached hydrogens (tertiary/aromatic N) is 3. The van der Waals surface area contributed by atoms with Gasteiger partial charge in [-0.15, -0.1) is 0 Å². The summed E-state index contributed by atoms with van der Waals surface area (Å²) in [7, 11) is 0. The van der Waals surface area contributed by atoms with Crippen molar-refractivity contribution >= 4 is 23.5 Å². The average Bonchev–Trinajstić information content (AvgIpc) is 3.20. The van der Waals surface area contributed by atoms with E-state index in [2.05, 4.69) is 9.97 Å². The molecule has 0 spiro atoms. The van der Waals surface area contributed by atoms with E-state index in [1.807, 2.05) is 29.2 Å². The Balaban J connectivity index is 1.64. The van der Waals surface area contributed by atoms with Crippen LogP contribution < -0.4 is 5.73 Å². The molecule has 3 aromatic rings. The molecule has 1 unspecified atom stereocenters. The van der Waals surface area contributed by atoms with Crippen LogP contribution in [0.4, 0.5) is 10.3 Å². The van der Waals surface area contributed by atoms with E-state index in [0.29, 0.717) is 11.6 Å². The zero-order valence-corrected chi connectivity index (χ0v) is 16.4. The highest BCUT2D eigenvalue weighted by atomic mass is 35.5. The third-order valence-electron chi connectivity index (χ3n) is 5.15. The lowest BCUT2D eigenvalue weighted by Gasteiger charge is -2.26. The van der Waals surface area contributed by atoms with Crippen LogP contribution in [0.15, 0.2) is 54.7 Å². The summed E-state index contributed by atoms with van der Waals surface area (Å²) in [4.78, 5) is 23.5. The SMILES string of the molecule is Nc1ncc(-c2ccc(Cl)cc2)c(C2CCCN2C(=O)Cc2ccc(F)cc2)n1. The quantitative estimate of drug-likeness (QED) is 0.690. The molecule has 2 heterocycles. The largest absolute Gasteiger partial charge is 0.368 e. The predicted octanol–water partition coefficient (Wildman–Crippen LogP) is 4.42. The number of carbonyl (C=O) groups excluding carboxylic acids is 1. The summed E-state index contributed by atoms with van der Waals surface area (Å²) in [6.45, 7) is 0.647. The van der Waals surface area contributed by atoms with E-state index in [9.17, 15) is 9.18 Å². The first-order valence-electron chi connectivity index (χ1n) is 9.43. The van der Waals surface area contributed by atoms with Gasteiger partial charge in [0.1, 0.15) is 5.82 Å². The van der Waals surface area contributed by atoms with Crippen LogP contribution in [0.1, 0.15) is 30.1 Å². The summed E-state index contributed by atoms with van der Waals surface area (Å²) in [5.74, 6) is -0.154. The molecule has 7 heteroatoms. The standard InChI is InChI=1S/C22H20ClFN4O/c23-16-7-5-15(6-8-16)18-13-26-22(25)27-21(18)19-2-1-11-28(19)20(29)12-14-3-9-17(24)10-4-14/h3-10,13,19H,1-2,11-12H2,(H2,25,26,27). The van der Waals surface area contributed by atoms with Gasteiger partial charge < -0.3 is 10.6 Å². The van der Waals surface area contributed by atoms with Gasteiger partial charge in [-0.25, -0.2) is 14.4 Å². The Kier molecular flexibility index (Phi) is 5.45. The zero-order chi connectivity index (χ0) is 20.4. The van der Waals surface area contributed by atoms with E-state index in [4.69, 9.17) is 17.3 Å². The first-order chi connectivity index (χ1) is 14.0. The highest BCUT2D eigenvalue weighted by Crippen LogP contribution is 2.37. The van der Waals surface area contributed by atoms with Crippen molar-refractivity contribution in [3.63, 3.8) is 0 Å². The molecule has 2 aromatic carbocycles. The van der Waals surface area contributed by atoms with E-state index in [-0.39, 0.29) is 30.1 Å². The Morgan fingerprint density at radius 2 is 1.90 bits per heavy atom. The summed E-state index contributed by atoms with van der Waals surface area (Å²) >= 11 is 6.02. The summed E-state index contributed by atoms with van der Waals surface area (Å²) in [6.07, 6.45) is 3.59. The Morgan fingerprint density at radius 3 is 2.62 bits per heavy atom. The van der Waals surface area contributed by atoms with Gasteiger partial charge in [0.25, 0.3) is 0 Å². The molecule has 5 nitrogen and oxygen atoms in total. The molecule has 0 bridgehead atoms. The Bertz CT molecular complexity index is 1020. The fraction of sp³-hybridized carbons (Fsp3) is 0.227. The zero-order valence-electron chi connectivity index (χ0n) is 15.7. The monoisotopic (exact) mass is 410 g/mol. The van der Waals surface area contributed by atoms with Gasteiger partial charge in [-0.05, 0) is 48.2 Å². The number of rotatable bonds is 4. The smallest absolute Gasteiger partial charge is 0.227 e. The van der Waals surface area contributed by atoms with Crippen molar-refractivity contribution in [2.75, 3.05) is 12.3 Å². The van der Waals surface area contributed by atoms with Crippen molar-refractivity contribution in [1.82, 2.24) is 14.9 Å². The second-order valence-corrected chi connectivity index (χ2v) is 7.52. The molecule has 1 aliphatic heterocycles. The van der Waals surface area contributed by atoms with Crippen molar-refractivity contribution in [1.29, 1.82) is 0 Å². The van der Waals surface area contributed by atoms with Gasteiger partial charge in [-0.3, -0.25) is 4.79 Å². The van der Waals surface area contributed by atoms with Crippen LogP contribution in [0.2, 0.25) is 5.02 Å². The van der Waals surface area contributed by atoms with Crippen molar-refractivity contribution in [3.8, 4) is 11.1 Å². The molecular weight excluding hydrogens is 391 g/mol. The highest BCUT2D eigenvalue weighted by molar-refractivity contribution is 6.30. The van der Waals surface area contributed by atoms with Crippen LogP contribution in [0, 0.1) is 5.82 Å². The van der Waals surface area contributed by atoms with Gasteiger partial charge in [0.05, 0.1) is 18.2 Å². The number of halogens is 2. The van der Waals surface area contributed by atoms with Crippen LogP contribution in [-0.4, -0.2) is 27.3 Å². The van der Waals surface area contributed by atoms with Crippen molar-refractivity contribution in [3.05, 3.63) is 76.8 Å². The van der Waals surface area contributed by atoms with Crippen molar-refractivity contribution < 1.29 is 9.18 Å². The minimum Gasteiger partial charge on any atom is -0.368 e. The van der Waals surface area contributed by atoms with E-state index >= 15 is 0 Å². The van der Waals surface area contributed by atoms with Gasteiger partial charge in [0.15, 0.2) is 0 Å². The summed E-state index contributed by atoms with van der Waals surface area (Å²) in [5.41, 5.74) is 9.15. The number of nitrogens with two attached hydrogens (primary N) is 1. The molecule has 1 saturated heterocycles. The number of amides is 1. The Labute approximate surface area is 173 Å². The average molecular weight is 411 g/mol. The van der Waals surface area contributed by atoms with E-state index in [0.717, 1.165) is 35.2 Å². The number of carbonyl (C=O) groups is 1. The van der Waals surface area contributed by atoms with Crippen LogP contribution in [-0.2, 0) is 11.2 Å². The molecule has 1 aliphatic rings. The van der Waals surface area contributed by atoms with Gasteiger partial charge in [-0.2, -0.15) is 0 Å². The van der Waals surface area contributed by atoms with E-state index in [1.165, 1.54) is 12.1 Å². The molecule has 0 saturated carbocycles. The number of anilines is 1. The molecule has 0 aliphatic carbocycles. The van der Waals surface area contributed by atoms with Crippen molar-refractivity contribution in [2.45, 2.75) is 25.3 Å². The first-order valence-corrected chi connectivity index (χ1v) is 9.81. The maximum absolute atomic E-state index is 13.1. The maximum Gasteiger partial charge on any atom is 0.227 e. The number of benzene rings is 2. The molecular formula is C22H20ClFN4O. The molecule has 1 aromatic heterocycles. The van der Waals surface area contributed by atoms with Crippen LogP contribution in [0.25, 0.3) is 11.1 Å². The first kappa shape index (κ1) is 19.3. The number of likely N-dealkylation sites (tertiary alicyclic amines) is 1. The molecule has 1 fully saturated rings. The molecule has 4 rings (SSSR count). The Hall–Kier alpha value is -2.99. The lowest BCUT2D eigenvalue weighted by molar-refractivity contribution is -0.131. The molecule has 1 amide bonds. The van der Waals surface area contributed by atoms with Gasteiger partial charge in [0, 0.05) is 23.3 Å². The second kappa shape index (κ2) is 8.17. The molecule has 1 atom stereocenters. The third-order valence-corrected chi connectivity index (χ3v) is 5.40. The minimum atomic E-state index is -0.315. The van der Waals surface area contributed by atoms with Crippen LogP contribution in [0.5, 0.6) is 0 Å². The van der Waals surface area contributed by atoms with E-state index < -0.39 is 0 Å². The maximum atomic E-state index is 13.1. The summed E-state index contributed by atoms with van der Waals surface area (Å²) < 4.78 is 13.1. The number of hydrogen-bond acceptors (Lipinski definition) is 4. The second-order valence-electron chi connectivity index (χ2n) is 7.08. The number of aromatic nitrogens is 2.